The average molecular weight is 323 g/mol. The summed E-state index contributed by atoms with van der Waals surface area (Å²) in [5.74, 6) is -0.327. The molecule has 0 bridgehead atoms. The monoisotopic (exact) mass is 323 g/mol. The van der Waals surface area contributed by atoms with Crippen molar-refractivity contribution < 1.29 is 23.5 Å². The van der Waals surface area contributed by atoms with E-state index in [1.54, 1.807) is 4.90 Å². The predicted molar refractivity (Wildman–Crippen MR) is 82.4 cm³/mol. The quantitative estimate of drug-likeness (QED) is 0.781. The molecule has 1 atom stereocenters. The van der Waals surface area contributed by atoms with Crippen LogP contribution in [-0.2, 0) is 14.3 Å². The Morgan fingerprint density at radius 1 is 1.26 bits per heavy atom. The van der Waals surface area contributed by atoms with Gasteiger partial charge >= 0.3 is 5.97 Å². The molecule has 23 heavy (non-hydrogen) atoms. The number of carbonyl (C=O) groups excluding carboxylic acids is 2. The van der Waals surface area contributed by atoms with Crippen molar-refractivity contribution in [1.29, 1.82) is 0 Å². The molecule has 0 aliphatic carbocycles. The second-order valence-electron chi connectivity index (χ2n) is 5.59. The van der Waals surface area contributed by atoms with E-state index in [9.17, 15) is 14.0 Å². The summed E-state index contributed by atoms with van der Waals surface area (Å²) in [6.07, 6.45) is 1.12. The van der Waals surface area contributed by atoms with E-state index in [0.717, 1.165) is 0 Å². The van der Waals surface area contributed by atoms with Gasteiger partial charge in [-0.25, -0.2) is 4.39 Å². The Morgan fingerprint density at radius 3 is 2.39 bits per heavy atom. The zero-order chi connectivity index (χ0) is 16.8. The van der Waals surface area contributed by atoms with Crippen LogP contribution in [0.3, 0.4) is 0 Å². The van der Waals surface area contributed by atoms with Crippen molar-refractivity contribution in [2.24, 2.45) is 5.92 Å². The number of carbonyl (C=O) groups is 2. The number of amides is 1. The van der Waals surface area contributed by atoms with Gasteiger partial charge in [0.25, 0.3) is 5.91 Å². The Labute approximate surface area is 135 Å². The molecule has 0 N–H and O–H groups in total. The van der Waals surface area contributed by atoms with Crippen molar-refractivity contribution in [3.05, 3.63) is 30.1 Å². The van der Waals surface area contributed by atoms with Gasteiger partial charge in [0.1, 0.15) is 11.6 Å². The molecule has 1 amide bonds. The molecule has 0 unspecified atom stereocenters. The van der Waals surface area contributed by atoms with E-state index in [1.165, 1.54) is 31.4 Å². The number of piperidine rings is 1. The highest BCUT2D eigenvalue weighted by molar-refractivity contribution is 5.81. The first-order valence-electron chi connectivity index (χ1n) is 7.84. The molecule has 0 saturated carbocycles. The second kappa shape index (κ2) is 7.94. The number of hydrogen-bond donors (Lipinski definition) is 0. The topological polar surface area (TPSA) is 55.8 Å². The molecule has 1 aromatic rings. The molecule has 5 nitrogen and oxygen atoms in total. The molecule has 0 aromatic heterocycles. The third kappa shape index (κ3) is 4.43. The van der Waals surface area contributed by atoms with Crippen LogP contribution in [-0.4, -0.2) is 43.1 Å². The largest absolute Gasteiger partial charge is 0.481 e. The highest BCUT2D eigenvalue weighted by Gasteiger charge is 2.31. The van der Waals surface area contributed by atoms with Crippen molar-refractivity contribution in [1.82, 2.24) is 4.90 Å². The Kier molecular flexibility index (Phi) is 5.96. The maximum atomic E-state index is 12.9. The summed E-state index contributed by atoms with van der Waals surface area (Å²) in [6.45, 7) is 2.90. The fraction of sp³-hybridized carbons (Fsp3) is 0.529. The SMILES string of the molecule is CC[C@H](Oc1ccc(F)cc1)C(=O)N1CCC(C(=O)OC)CC1. The number of benzene rings is 1. The Hall–Kier alpha value is -2.11. The van der Waals surface area contributed by atoms with Crippen molar-refractivity contribution in [3.63, 3.8) is 0 Å². The minimum Gasteiger partial charge on any atom is -0.481 e. The van der Waals surface area contributed by atoms with Crippen LogP contribution in [0, 0.1) is 11.7 Å². The van der Waals surface area contributed by atoms with Crippen LogP contribution in [0.1, 0.15) is 26.2 Å². The van der Waals surface area contributed by atoms with Gasteiger partial charge in [0.15, 0.2) is 6.10 Å². The number of halogens is 1. The van der Waals surface area contributed by atoms with Gasteiger partial charge in [0.05, 0.1) is 13.0 Å². The lowest BCUT2D eigenvalue weighted by Gasteiger charge is -2.33. The minimum absolute atomic E-state index is 0.0971. The molecule has 6 heteroatoms. The van der Waals surface area contributed by atoms with Crippen LogP contribution in [0.5, 0.6) is 5.75 Å². The molecular weight excluding hydrogens is 301 g/mol. The maximum absolute atomic E-state index is 12.9. The van der Waals surface area contributed by atoms with E-state index >= 15 is 0 Å². The van der Waals surface area contributed by atoms with Crippen LogP contribution < -0.4 is 4.74 Å². The number of methoxy groups -OCH3 is 1. The smallest absolute Gasteiger partial charge is 0.308 e. The number of hydrogen-bond acceptors (Lipinski definition) is 4. The molecule has 1 aliphatic rings. The lowest BCUT2D eigenvalue weighted by Crippen LogP contribution is -2.46. The molecule has 1 heterocycles. The summed E-state index contributed by atoms with van der Waals surface area (Å²) < 4.78 is 23.3. The van der Waals surface area contributed by atoms with Crippen LogP contribution >= 0.6 is 0 Å². The van der Waals surface area contributed by atoms with Gasteiger partial charge in [-0.3, -0.25) is 9.59 Å². The van der Waals surface area contributed by atoms with Crippen LogP contribution in [0.25, 0.3) is 0 Å². The molecule has 0 spiro atoms. The van der Waals surface area contributed by atoms with Crippen molar-refractivity contribution in [2.75, 3.05) is 20.2 Å². The highest BCUT2D eigenvalue weighted by Crippen LogP contribution is 2.21. The summed E-state index contributed by atoms with van der Waals surface area (Å²) in [6, 6.07) is 5.62. The number of esters is 1. The van der Waals surface area contributed by atoms with Crippen LogP contribution in [0.2, 0.25) is 0 Å². The lowest BCUT2D eigenvalue weighted by molar-refractivity contribution is -0.150. The van der Waals surface area contributed by atoms with E-state index in [4.69, 9.17) is 9.47 Å². The second-order valence-corrected chi connectivity index (χ2v) is 5.59. The third-order valence-corrected chi connectivity index (χ3v) is 4.08. The first-order chi connectivity index (χ1) is 11.0. The summed E-state index contributed by atoms with van der Waals surface area (Å²) in [4.78, 5) is 25.8. The predicted octanol–water partition coefficient (Wildman–Crippen LogP) is 2.39. The van der Waals surface area contributed by atoms with E-state index in [0.29, 0.717) is 38.1 Å². The van der Waals surface area contributed by atoms with Crippen molar-refractivity contribution >= 4 is 11.9 Å². The zero-order valence-electron chi connectivity index (χ0n) is 13.5. The molecular formula is C17H22FNO4. The molecule has 0 radical (unpaired) electrons. The number of likely N-dealkylation sites (tertiary alicyclic amines) is 1. The highest BCUT2D eigenvalue weighted by atomic mass is 19.1. The fourth-order valence-corrected chi connectivity index (χ4v) is 2.69. The van der Waals surface area contributed by atoms with E-state index in [2.05, 4.69) is 0 Å². The number of ether oxygens (including phenoxy) is 2. The zero-order valence-corrected chi connectivity index (χ0v) is 13.5. The van der Waals surface area contributed by atoms with E-state index in [1.807, 2.05) is 6.92 Å². The van der Waals surface area contributed by atoms with Gasteiger partial charge < -0.3 is 14.4 Å². The third-order valence-electron chi connectivity index (χ3n) is 4.08. The standard InChI is InChI=1S/C17H22FNO4/c1-3-15(23-14-6-4-13(18)5-7-14)16(20)19-10-8-12(9-11-19)17(21)22-2/h4-7,12,15H,3,8-11H2,1-2H3/t15-/m0/s1. The van der Waals surface area contributed by atoms with Gasteiger partial charge in [-0.1, -0.05) is 6.92 Å². The summed E-state index contributed by atoms with van der Waals surface area (Å²) in [7, 11) is 1.38. The number of rotatable bonds is 5. The van der Waals surface area contributed by atoms with Crippen LogP contribution in [0.15, 0.2) is 24.3 Å². The van der Waals surface area contributed by atoms with Crippen molar-refractivity contribution in [3.8, 4) is 5.75 Å². The Morgan fingerprint density at radius 2 is 1.87 bits per heavy atom. The molecule has 1 saturated heterocycles. The molecule has 1 aromatic carbocycles. The van der Waals surface area contributed by atoms with Crippen LogP contribution in [0.4, 0.5) is 4.39 Å². The maximum Gasteiger partial charge on any atom is 0.308 e. The molecule has 1 aliphatic heterocycles. The normalized spacial score (nSPS) is 16.7. The summed E-state index contributed by atoms with van der Waals surface area (Å²) in [5.41, 5.74) is 0. The van der Waals surface area contributed by atoms with Crippen molar-refractivity contribution in [2.45, 2.75) is 32.3 Å². The molecule has 1 fully saturated rings. The Balaban J connectivity index is 1.92. The van der Waals surface area contributed by atoms with Gasteiger partial charge in [-0.2, -0.15) is 0 Å². The first kappa shape index (κ1) is 17.2. The van der Waals surface area contributed by atoms with Gasteiger partial charge in [-0.15, -0.1) is 0 Å². The average Bonchev–Trinajstić information content (AvgIpc) is 2.60. The van der Waals surface area contributed by atoms with Gasteiger partial charge in [0.2, 0.25) is 0 Å². The fourth-order valence-electron chi connectivity index (χ4n) is 2.69. The Bertz CT molecular complexity index is 538. The van der Waals surface area contributed by atoms with E-state index in [-0.39, 0.29) is 23.6 Å². The molecule has 2 rings (SSSR count). The number of nitrogens with zero attached hydrogens (tertiary/aromatic N) is 1. The summed E-state index contributed by atoms with van der Waals surface area (Å²) in [5, 5.41) is 0. The lowest BCUT2D eigenvalue weighted by atomic mass is 9.96. The minimum atomic E-state index is -0.602. The van der Waals surface area contributed by atoms with E-state index < -0.39 is 6.10 Å². The first-order valence-corrected chi connectivity index (χ1v) is 7.84. The summed E-state index contributed by atoms with van der Waals surface area (Å²) >= 11 is 0. The van der Waals surface area contributed by atoms with Gasteiger partial charge in [0, 0.05) is 13.1 Å². The molecule has 126 valence electrons. The van der Waals surface area contributed by atoms with Gasteiger partial charge in [-0.05, 0) is 43.5 Å².